The highest BCUT2D eigenvalue weighted by Crippen LogP contribution is 2.33. The molecule has 5 nitrogen and oxygen atoms in total. The van der Waals surface area contributed by atoms with Gasteiger partial charge in [0.25, 0.3) is 0 Å². The van der Waals surface area contributed by atoms with Crippen molar-refractivity contribution in [3.05, 3.63) is 28.6 Å². The van der Waals surface area contributed by atoms with Crippen LogP contribution in [0.4, 0.5) is 0 Å². The van der Waals surface area contributed by atoms with Gasteiger partial charge in [0, 0.05) is 12.4 Å². The van der Waals surface area contributed by atoms with E-state index in [9.17, 15) is 4.79 Å². The Bertz CT molecular complexity index is 532. The van der Waals surface area contributed by atoms with Gasteiger partial charge in [-0.15, -0.1) is 0 Å². The lowest BCUT2D eigenvalue weighted by atomic mass is 10.6. The monoisotopic (exact) mass is 287 g/mol. The Morgan fingerprint density at radius 3 is 3.00 bits per heavy atom. The lowest BCUT2D eigenvalue weighted by Crippen LogP contribution is -1.98. The molecule has 2 aromatic rings. The van der Waals surface area contributed by atoms with E-state index in [1.807, 2.05) is 0 Å². The Labute approximate surface area is 110 Å². The summed E-state index contributed by atoms with van der Waals surface area (Å²) < 4.78 is 5.21. The highest BCUT2D eigenvalue weighted by molar-refractivity contribution is 8.01. The van der Waals surface area contributed by atoms with E-state index in [1.54, 1.807) is 18.6 Å². The predicted octanol–water partition coefficient (Wildman–Crippen LogP) is 2.52. The van der Waals surface area contributed by atoms with Gasteiger partial charge in [0.15, 0.2) is 14.4 Å². The molecule has 0 fully saturated rings. The van der Waals surface area contributed by atoms with Crippen molar-refractivity contribution in [3.63, 3.8) is 0 Å². The summed E-state index contributed by atoms with van der Waals surface area (Å²) in [5, 5.41) is 0.836. The number of methoxy groups -OCH3 is 1. The second kappa shape index (κ2) is 5.44. The number of carbonyl (C=O) groups excluding carboxylic acids is 1. The third kappa shape index (κ3) is 2.93. The molecule has 0 spiro atoms. The molecule has 0 atom stereocenters. The van der Waals surface area contributed by atoms with Gasteiger partial charge in [-0.2, -0.15) is 0 Å². The van der Waals surface area contributed by atoms with Crippen molar-refractivity contribution in [1.82, 2.24) is 15.0 Å². The molecule has 0 bridgehead atoms. The minimum Gasteiger partial charge on any atom is -0.465 e. The molecule has 0 unspecified atom stereocenters. The maximum atomic E-state index is 11.3. The van der Waals surface area contributed by atoms with E-state index in [1.165, 1.54) is 18.9 Å². The standard InChI is InChI=1S/C9H6ClN3O2S2/c1-15-8(14)6-7(10)13-9(17-6)16-5-4-11-2-3-12-5/h2-4H,1H3. The summed E-state index contributed by atoms with van der Waals surface area (Å²) in [6, 6.07) is 0. The highest BCUT2D eigenvalue weighted by atomic mass is 35.5. The van der Waals surface area contributed by atoms with Crippen LogP contribution in [-0.2, 0) is 4.74 Å². The minimum atomic E-state index is -0.488. The zero-order valence-electron chi connectivity index (χ0n) is 8.58. The van der Waals surface area contributed by atoms with Crippen LogP contribution in [0.2, 0.25) is 5.15 Å². The molecule has 0 saturated heterocycles. The molecule has 0 saturated carbocycles. The molecule has 0 N–H and O–H groups in total. The zero-order valence-corrected chi connectivity index (χ0v) is 11.0. The van der Waals surface area contributed by atoms with Crippen LogP contribution in [-0.4, -0.2) is 28.0 Å². The fourth-order valence-electron chi connectivity index (χ4n) is 0.973. The first-order valence-electron chi connectivity index (χ1n) is 4.39. The Morgan fingerprint density at radius 1 is 1.53 bits per heavy atom. The lowest BCUT2D eigenvalue weighted by Gasteiger charge is -1.93. The first kappa shape index (κ1) is 12.3. The molecule has 17 heavy (non-hydrogen) atoms. The zero-order chi connectivity index (χ0) is 12.3. The van der Waals surface area contributed by atoms with Crippen LogP contribution in [0.25, 0.3) is 0 Å². The summed E-state index contributed by atoms with van der Waals surface area (Å²) >= 11 is 8.29. The molecule has 0 amide bonds. The molecule has 2 rings (SSSR count). The van der Waals surface area contributed by atoms with E-state index in [4.69, 9.17) is 11.6 Å². The Hall–Kier alpha value is -1.18. The van der Waals surface area contributed by atoms with Crippen LogP contribution in [0.15, 0.2) is 28.0 Å². The van der Waals surface area contributed by atoms with Crippen LogP contribution < -0.4 is 0 Å². The molecule has 0 radical (unpaired) electrons. The molecule has 2 aromatic heterocycles. The number of thiazole rings is 1. The molecule has 0 aromatic carbocycles. The van der Waals surface area contributed by atoms with E-state index in [2.05, 4.69) is 19.7 Å². The van der Waals surface area contributed by atoms with Crippen LogP contribution >= 0.6 is 34.7 Å². The summed E-state index contributed by atoms with van der Waals surface area (Å²) in [5.41, 5.74) is 0. The molecule has 8 heteroatoms. The van der Waals surface area contributed by atoms with Gasteiger partial charge in [-0.05, 0) is 11.8 Å². The van der Waals surface area contributed by atoms with E-state index in [-0.39, 0.29) is 5.15 Å². The van der Waals surface area contributed by atoms with Gasteiger partial charge >= 0.3 is 5.97 Å². The summed E-state index contributed by atoms with van der Waals surface area (Å²) in [4.78, 5) is 23.7. The molecule has 0 aliphatic rings. The highest BCUT2D eigenvalue weighted by Gasteiger charge is 2.18. The summed E-state index contributed by atoms with van der Waals surface area (Å²) in [6.45, 7) is 0. The lowest BCUT2D eigenvalue weighted by molar-refractivity contribution is 0.0606. The predicted molar refractivity (Wildman–Crippen MR) is 64.6 cm³/mol. The van der Waals surface area contributed by atoms with Crippen molar-refractivity contribution in [2.75, 3.05) is 7.11 Å². The maximum Gasteiger partial charge on any atom is 0.351 e. The fourth-order valence-corrected chi connectivity index (χ4v) is 3.17. The number of nitrogens with zero attached hydrogens (tertiary/aromatic N) is 3. The second-order valence-corrected chi connectivity index (χ2v) is 5.36. The minimum absolute atomic E-state index is 0.147. The fraction of sp³-hybridized carbons (Fsp3) is 0.111. The van der Waals surface area contributed by atoms with Gasteiger partial charge in [0.05, 0.1) is 13.3 Å². The van der Waals surface area contributed by atoms with Gasteiger partial charge < -0.3 is 4.74 Å². The quantitative estimate of drug-likeness (QED) is 0.808. The SMILES string of the molecule is COC(=O)c1sc(Sc2cnccn2)nc1Cl. The maximum absolute atomic E-state index is 11.3. The largest absolute Gasteiger partial charge is 0.465 e. The molecule has 0 aliphatic carbocycles. The number of carbonyl (C=O) groups is 1. The van der Waals surface area contributed by atoms with Crippen LogP contribution in [0, 0.1) is 0 Å². The van der Waals surface area contributed by atoms with Crippen molar-refractivity contribution < 1.29 is 9.53 Å². The number of halogens is 1. The topological polar surface area (TPSA) is 65.0 Å². The molecule has 2 heterocycles. The number of aromatic nitrogens is 3. The van der Waals surface area contributed by atoms with Gasteiger partial charge in [-0.1, -0.05) is 22.9 Å². The molecule has 0 aliphatic heterocycles. The molecule has 88 valence electrons. The van der Waals surface area contributed by atoms with Crippen molar-refractivity contribution >= 4 is 40.7 Å². The smallest absolute Gasteiger partial charge is 0.351 e. The van der Waals surface area contributed by atoms with E-state index in [0.29, 0.717) is 14.2 Å². The van der Waals surface area contributed by atoms with Crippen molar-refractivity contribution in [1.29, 1.82) is 0 Å². The normalized spacial score (nSPS) is 10.2. The van der Waals surface area contributed by atoms with Gasteiger partial charge in [0.1, 0.15) is 5.03 Å². The van der Waals surface area contributed by atoms with Crippen LogP contribution in [0.1, 0.15) is 9.67 Å². The summed E-state index contributed by atoms with van der Waals surface area (Å²) in [5.74, 6) is -0.488. The first-order chi connectivity index (χ1) is 8.20. The van der Waals surface area contributed by atoms with E-state index < -0.39 is 5.97 Å². The number of rotatable bonds is 3. The average Bonchev–Trinajstić information content (AvgIpc) is 2.70. The van der Waals surface area contributed by atoms with Gasteiger partial charge in [-0.3, -0.25) is 4.98 Å². The van der Waals surface area contributed by atoms with Gasteiger partial charge in [-0.25, -0.2) is 14.8 Å². The average molecular weight is 288 g/mol. The third-order valence-electron chi connectivity index (χ3n) is 1.67. The number of ether oxygens (including phenoxy) is 1. The number of esters is 1. The first-order valence-corrected chi connectivity index (χ1v) is 6.40. The number of hydrogen-bond acceptors (Lipinski definition) is 7. The Kier molecular flexibility index (Phi) is 3.93. The summed E-state index contributed by atoms with van der Waals surface area (Å²) in [7, 11) is 1.30. The second-order valence-electron chi connectivity index (χ2n) is 2.74. The van der Waals surface area contributed by atoms with E-state index >= 15 is 0 Å². The van der Waals surface area contributed by atoms with Crippen molar-refractivity contribution in [2.45, 2.75) is 9.37 Å². The van der Waals surface area contributed by atoms with E-state index in [0.717, 1.165) is 11.3 Å². The molecular weight excluding hydrogens is 282 g/mol. The summed E-state index contributed by atoms with van der Waals surface area (Å²) in [6.07, 6.45) is 4.77. The van der Waals surface area contributed by atoms with Crippen LogP contribution in [0.3, 0.4) is 0 Å². The Morgan fingerprint density at radius 2 is 2.35 bits per heavy atom. The van der Waals surface area contributed by atoms with Crippen LogP contribution in [0.5, 0.6) is 0 Å². The van der Waals surface area contributed by atoms with Crippen molar-refractivity contribution in [2.24, 2.45) is 0 Å². The van der Waals surface area contributed by atoms with Gasteiger partial charge in [0.2, 0.25) is 0 Å². The third-order valence-corrected chi connectivity index (χ3v) is 4.07. The Balaban J connectivity index is 2.21. The molecular formula is C9H6ClN3O2S2. The number of hydrogen-bond donors (Lipinski definition) is 0. The van der Waals surface area contributed by atoms with Crippen molar-refractivity contribution in [3.8, 4) is 0 Å².